The Labute approximate surface area is 118 Å². The molecule has 1 heterocycles. The highest BCUT2D eigenvalue weighted by molar-refractivity contribution is 7.13. The standard InChI is InChI=1S/C14H11NO4S/c16-10(7-11(17)14(18)19)12-8-15-13(20-12)6-9-4-2-1-3-5-9/h1-5,8H,6-7H2,(H,18,19). The maximum atomic E-state index is 11.7. The van der Waals surface area contributed by atoms with E-state index in [2.05, 4.69) is 4.98 Å². The number of benzene rings is 1. The molecule has 0 fully saturated rings. The van der Waals surface area contributed by atoms with E-state index in [1.165, 1.54) is 17.5 Å². The summed E-state index contributed by atoms with van der Waals surface area (Å²) < 4.78 is 0. The van der Waals surface area contributed by atoms with Crippen molar-refractivity contribution in [3.63, 3.8) is 0 Å². The van der Waals surface area contributed by atoms with Crippen molar-refractivity contribution in [2.24, 2.45) is 0 Å². The molecule has 0 amide bonds. The smallest absolute Gasteiger partial charge is 0.372 e. The van der Waals surface area contributed by atoms with Crippen LogP contribution in [0.3, 0.4) is 0 Å². The lowest BCUT2D eigenvalue weighted by Gasteiger charge is -1.96. The number of carboxylic acid groups (broad SMARTS) is 1. The third-order valence-corrected chi connectivity index (χ3v) is 3.62. The van der Waals surface area contributed by atoms with Crippen LogP contribution in [0.25, 0.3) is 0 Å². The van der Waals surface area contributed by atoms with Gasteiger partial charge in [0.15, 0.2) is 5.78 Å². The summed E-state index contributed by atoms with van der Waals surface area (Å²) in [7, 11) is 0. The van der Waals surface area contributed by atoms with E-state index in [-0.39, 0.29) is 0 Å². The van der Waals surface area contributed by atoms with Crippen molar-refractivity contribution < 1.29 is 19.5 Å². The fourth-order valence-corrected chi connectivity index (χ4v) is 2.49. The number of carbonyl (C=O) groups excluding carboxylic acids is 2. The van der Waals surface area contributed by atoms with E-state index in [0.717, 1.165) is 10.6 Å². The number of rotatable bonds is 6. The second-order valence-corrected chi connectivity index (χ2v) is 5.22. The number of carbonyl (C=O) groups is 3. The first-order valence-corrected chi connectivity index (χ1v) is 6.66. The van der Waals surface area contributed by atoms with Crippen LogP contribution in [-0.2, 0) is 16.0 Å². The Balaban J connectivity index is 2.04. The monoisotopic (exact) mass is 289 g/mol. The zero-order valence-corrected chi connectivity index (χ0v) is 11.2. The van der Waals surface area contributed by atoms with E-state index >= 15 is 0 Å². The molecule has 0 bridgehead atoms. The van der Waals surface area contributed by atoms with E-state index in [1.54, 1.807) is 0 Å². The van der Waals surface area contributed by atoms with Crippen LogP contribution >= 0.6 is 11.3 Å². The zero-order chi connectivity index (χ0) is 14.5. The van der Waals surface area contributed by atoms with Gasteiger partial charge in [0.25, 0.3) is 0 Å². The van der Waals surface area contributed by atoms with Gasteiger partial charge in [0.2, 0.25) is 5.78 Å². The molecule has 0 unspecified atom stereocenters. The molecule has 2 aromatic rings. The number of Topliss-reactive ketones (excluding diaryl/α,β-unsaturated/α-hetero) is 2. The first-order valence-electron chi connectivity index (χ1n) is 5.84. The number of carboxylic acids is 1. The van der Waals surface area contributed by atoms with Crippen LogP contribution in [0.15, 0.2) is 36.5 Å². The lowest BCUT2D eigenvalue weighted by molar-refractivity contribution is -0.148. The van der Waals surface area contributed by atoms with E-state index in [9.17, 15) is 14.4 Å². The molecule has 102 valence electrons. The first-order chi connectivity index (χ1) is 9.56. The topological polar surface area (TPSA) is 84.3 Å². The van der Waals surface area contributed by atoms with Crippen LogP contribution < -0.4 is 0 Å². The molecular weight excluding hydrogens is 278 g/mol. The Kier molecular flexibility index (Phi) is 4.37. The van der Waals surface area contributed by atoms with Crippen molar-refractivity contribution in [1.82, 2.24) is 4.98 Å². The molecule has 0 radical (unpaired) electrons. The number of aliphatic carboxylic acids is 1. The quantitative estimate of drug-likeness (QED) is 0.499. The average Bonchev–Trinajstić information content (AvgIpc) is 2.88. The van der Waals surface area contributed by atoms with Gasteiger partial charge in [-0.2, -0.15) is 0 Å². The number of hydrogen-bond donors (Lipinski definition) is 1. The Bertz CT molecular complexity index is 648. The fourth-order valence-electron chi connectivity index (χ4n) is 1.60. The van der Waals surface area contributed by atoms with Gasteiger partial charge in [0.05, 0.1) is 16.3 Å². The first kappa shape index (κ1) is 14.1. The Morgan fingerprint density at radius 1 is 1.15 bits per heavy atom. The Morgan fingerprint density at radius 2 is 1.85 bits per heavy atom. The summed E-state index contributed by atoms with van der Waals surface area (Å²) in [4.78, 5) is 37.5. The summed E-state index contributed by atoms with van der Waals surface area (Å²) in [5.41, 5.74) is 1.07. The number of nitrogens with zero attached hydrogens (tertiary/aromatic N) is 1. The number of thiazole rings is 1. The minimum atomic E-state index is -1.59. The molecule has 0 saturated carbocycles. The lowest BCUT2D eigenvalue weighted by Crippen LogP contribution is -2.16. The molecular formula is C14H11NO4S. The molecule has 20 heavy (non-hydrogen) atoms. The summed E-state index contributed by atoms with van der Waals surface area (Å²) in [5, 5.41) is 9.22. The molecule has 2 rings (SSSR count). The number of ketones is 2. The van der Waals surface area contributed by atoms with Crippen LogP contribution in [-0.4, -0.2) is 27.6 Å². The molecule has 1 N–H and O–H groups in total. The predicted octanol–water partition coefficient (Wildman–Crippen LogP) is 1.96. The average molecular weight is 289 g/mol. The highest BCUT2D eigenvalue weighted by atomic mass is 32.1. The summed E-state index contributed by atoms with van der Waals surface area (Å²) >= 11 is 1.18. The van der Waals surface area contributed by atoms with Crippen LogP contribution in [0.5, 0.6) is 0 Å². The fraction of sp³-hybridized carbons (Fsp3) is 0.143. The van der Waals surface area contributed by atoms with Gasteiger partial charge in [-0.3, -0.25) is 9.59 Å². The summed E-state index contributed by atoms with van der Waals surface area (Å²) in [6.07, 6.45) is 1.37. The largest absolute Gasteiger partial charge is 0.475 e. The van der Waals surface area contributed by atoms with Gasteiger partial charge < -0.3 is 5.11 Å². The van der Waals surface area contributed by atoms with E-state index in [0.29, 0.717) is 11.3 Å². The maximum Gasteiger partial charge on any atom is 0.372 e. The summed E-state index contributed by atoms with van der Waals surface area (Å²) in [5.74, 6) is -3.20. The van der Waals surface area contributed by atoms with Crippen LogP contribution in [0.2, 0.25) is 0 Å². The molecule has 1 aromatic carbocycles. The van der Waals surface area contributed by atoms with Crippen molar-refractivity contribution in [3.05, 3.63) is 52.0 Å². The molecule has 1 aromatic heterocycles. The SMILES string of the molecule is O=C(O)C(=O)CC(=O)c1cnc(Cc2ccccc2)s1. The van der Waals surface area contributed by atoms with E-state index in [1.807, 2.05) is 30.3 Å². The van der Waals surface area contributed by atoms with Crippen LogP contribution in [0.1, 0.15) is 26.7 Å². The molecule has 5 nitrogen and oxygen atoms in total. The minimum absolute atomic E-state index is 0.311. The van der Waals surface area contributed by atoms with Gasteiger partial charge in [0, 0.05) is 12.6 Å². The van der Waals surface area contributed by atoms with Crippen molar-refractivity contribution >= 4 is 28.9 Å². The van der Waals surface area contributed by atoms with Crippen molar-refractivity contribution in [2.45, 2.75) is 12.8 Å². The number of hydrogen-bond acceptors (Lipinski definition) is 5. The van der Waals surface area contributed by atoms with Crippen molar-refractivity contribution in [1.29, 1.82) is 0 Å². The van der Waals surface area contributed by atoms with E-state index < -0.39 is 24.0 Å². The van der Waals surface area contributed by atoms with Gasteiger partial charge in [-0.25, -0.2) is 9.78 Å². The lowest BCUT2D eigenvalue weighted by atomic mass is 10.2. The van der Waals surface area contributed by atoms with Crippen molar-refractivity contribution in [3.8, 4) is 0 Å². The Morgan fingerprint density at radius 3 is 2.50 bits per heavy atom. The van der Waals surface area contributed by atoms with Crippen LogP contribution in [0.4, 0.5) is 0 Å². The molecule has 0 saturated heterocycles. The van der Waals surface area contributed by atoms with Gasteiger partial charge in [0.1, 0.15) is 0 Å². The molecule has 0 aliphatic carbocycles. The predicted molar refractivity (Wildman–Crippen MR) is 73.0 cm³/mol. The Hall–Kier alpha value is -2.34. The van der Waals surface area contributed by atoms with Gasteiger partial charge in [-0.1, -0.05) is 30.3 Å². The van der Waals surface area contributed by atoms with Crippen LogP contribution in [0, 0.1) is 0 Å². The number of aromatic nitrogens is 1. The summed E-state index contributed by atoms with van der Waals surface area (Å²) in [6.45, 7) is 0. The normalized spacial score (nSPS) is 10.2. The second-order valence-electron chi connectivity index (χ2n) is 4.11. The highest BCUT2D eigenvalue weighted by Gasteiger charge is 2.19. The molecule has 0 spiro atoms. The molecule has 0 aliphatic rings. The van der Waals surface area contributed by atoms with Gasteiger partial charge >= 0.3 is 5.97 Å². The van der Waals surface area contributed by atoms with Gasteiger partial charge in [-0.15, -0.1) is 11.3 Å². The molecule has 0 aliphatic heterocycles. The highest BCUT2D eigenvalue weighted by Crippen LogP contribution is 2.18. The minimum Gasteiger partial charge on any atom is -0.475 e. The van der Waals surface area contributed by atoms with Gasteiger partial charge in [-0.05, 0) is 5.56 Å². The summed E-state index contributed by atoms with van der Waals surface area (Å²) in [6, 6.07) is 9.66. The third-order valence-electron chi connectivity index (χ3n) is 2.59. The molecule has 0 atom stereocenters. The maximum absolute atomic E-state index is 11.7. The van der Waals surface area contributed by atoms with Crippen molar-refractivity contribution in [2.75, 3.05) is 0 Å². The second kappa shape index (κ2) is 6.21. The third kappa shape index (κ3) is 3.58. The molecule has 6 heteroatoms. The zero-order valence-electron chi connectivity index (χ0n) is 10.4. The van der Waals surface area contributed by atoms with E-state index in [4.69, 9.17) is 5.11 Å².